The van der Waals surface area contributed by atoms with Crippen LogP contribution in [0.4, 0.5) is 0 Å². The number of ether oxygens (including phenoxy) is 1. The van der Waals surface area contributed by atoms with Gasteiger partial charge in [-0.2, -0.15) is 0 Å². The topological polar surface area (TPSA) is 75.6 Å². The first kappa shape index (κ1) is 16.2. The molecule has 110 valence electrons. The van der Waals surface area contributed by atoms with E-state index >= 15 is 0 Å². The first-order valence-electron chi connectivity index (χ1n) is 6.57. The number of rotatable bonds is 7. The number of carbonyl (C=O) groups is 2. The first-order chi connectivity index (χ1) is 9.44. The molecule has 1 unspecified atom stereocenters. The zero-order valence-electron chi connectivity index (χ0n) is 12.1. The molecule has 0 radical (unpaired) electrons. The number of benzene rings is 1. The minimum Gasteiger partial charge on any atom is -0.480 e. The van der Waals surface area contributed by atoms with E-state index in [-0.39, 0.29) is 0 Å². The highest BCUT2D eigenvalue weighted by Gasteiger charge is 2.34. The van der Waals surface area contributed by atoms with E-state index in [0.717, 1.165) is 5.56 Å². The number of amides is 1. The van der Waals surface area contributed by atoms with Crippen molar-refractivity contribution in [2.24, 2.45) is 0 Å². The molecule has 1 rings (SSSR count). The molecule has 0 spiro atoms. The summed E-state index contributed by atoms with van der Waals surface area (Å²) in [6.07, 6.45) is 1.04. The van der Waals surface area contributed by atoms with Gasteiger partial charge >= 0.3 is 5.97 Å². The fourth-order valence-electron chi connectivity index (χ4n) is 2.06. The van der Waals surface area contributed by atoms with Crippen molar-refractivity contribution in [3.05, 3.63) is 35.4 Å². The third-order valence-electron chi connectivity index (χ3n) is 3.17. The SMILES string of the molecule is CCCC(C)(NC(=O)c1ccccc1COC)C(=O)O. The van der Waals surface area contributed by atoms with Crippen LogP contribution in [0, 0.1) is 0 Å². The second-order valence-corrected chi connectivity index (χ2v) is 4.93. The Bertz CT molecular complexity index is 487. The van der Waals surface area contributed by atoms with Crippen molar-refractivity contribution >= 4 is 11.9 Å². The van der Waals surface area contributed by atoms with Crippen LogP contribution >= 0.6 is 0 Å². The van der Waals surface area contributed by atoms with Gasteiger partial charge in [0.1, 0.15) is 5.54 Å². The van der Waals surface area contributed by atoms with Crippen LogP contribution in [-0.2, 0) is 16.1 Å². The van der Waals surface area contributed by atoms with Crippen LogP contribution in [0.5, 0.6) is 0 Å². The van der Waals surface area contributed by atoms with Crippen molar-refractivity contribution in [3.8, 4) is 0 Å². The Kier molecular flexibility index (Phi) is 5.70. The van der Waals surface area contributed by atoms with E-state index in [2.05, 4.69) is 5.32 Å². The summed E-state index contributed by atoms with van der Waals surface area (Å²) in [5.41, 5.74) is -0.0823. The Balaban J connectivity index is 2.98. The summed E-state index contributed by atoms with van der Waals surface area (Å²) >= 11 is 0. The quantitative estimate of drug-likeness (QED) is 0.802. The minimum atomic E-state index is -1.26. The van der Waals surface area contributed by atoms with Crippen molar-refractivity contribution in [2.45, 2.75) is 38.8 Å². The van der Waals surface area contributed by atoms with E-state index in [1.54, 1.807) is 25.3 Å². The molecule has 1 aromatic rings. The van der Waals surface area contributed by atoms with Gasteiger partial charge in [-0.3, -0.25) is 4.79 Å². The molecule has 0 saturated carbocycles. The summed E-state index contributed by atoms with van der Waals surface area (Å²) in [6, 6.07) is 7.01. The van der Waals surface area contributed by atoms with Gasteiger partial charge in [-0.15, -0.1) is 0 Å². The summed E-state index contributed by atoms with van der Waals surface area (Å²) in [5.74, 6) is -1.42. The molecule has 0 saturated heterocycles. The van der Waals surface area contributed by atoms with Crippen molar-refractivity contribution in [1.82, 2.24) is 5.32 Å². The zero-order chi connectivity index (χ0) is 15.2. The molecule has 0 bridgehead atoms. The van der Waals surface area contributed by atoms with Crippen molar-refractivity contribution in [1.29, 1.82) is 0 Å². The van der Waals surface area contributed by atoms with Crippen molar-refractivity contribution in [3.63, 3.8) is 0 Å². The Morgan fingerprint density at radius 3 is 2.55 bits per heavy atom. The van der Waals surface area contributed by atoms with Crippen LogP contribution in [-0.4, -0.2) is 29.6 Å². The molecule has 1 aromatic carbocycles. The molecule has 0 fully saturated rings. The highest BCUT2D eigenvalue weighted by atomic mass is 16.5. The molecule has 0 aliphatic heterocycles. The lowest BCUT2D eigenvalue weighted by molar-refractivity contribution is -0.144. The Labute approximate surface area is 118 Å². The average Bonchev–Trinajstić information content (AvgIpc) is 2.39. The zero-order valence-corrected chi connectivity index (χ0v) is 12.1. The molecule has 2 N–H and O–H groups in total. The Hall–Kier alpha value is -1.88. The van der Waals surface area contributed by atoms with Gasteiger partial charge < -0.3 is 15.2 Å². The molecule has 1 amide bonds. The molecule has 5 nitrogen and oxygen atoms in total. The molecular weight excluding hydrogens is 258 g/mol. The number of carboxylic acids is 1. The lowest BCUT2D eigenvalue weighted by Crippen LogP contribution is -2.52. The predicted octanol–water partition coefficient (Wildman–Crippen LogP) is 2.21. The van der Waals surface area contributed by atoms with Crippen molar-refractivity contribution in [2.75, 3.05) is 7.11 Å². The van der Waals surface area contributed by atoms with Gasteiger partial charge in [0, 0.05) is 12.7 Å². The van der Waals surface area contributed by atoms with Crippen LogP contribution in [0.25, 0.3) is 0 Å². The number of nitrogens with one attached hydrogen (secondary N) is 1. The third kappa shape index (κ3) is 3.81. The fraction of sp³-hybridized carbons (Fsp3) is 0.467. The van der Waals surface area contributed by atoms with Gasteiger partial charge in [0.15, 0.2) is 0 Å². The van der Waals surface area contributed by atoms with E-state index in [9.17, 15) is 14.7 Å². The maximum atomic E-state index is 12.3. The Morgan fingerprint density at radius 2 is 2.00 bits per heavy atom. The van der Waals surface area contributed by atoms with E-state index in [4.69, 9.17) is 4.74 Å². The fourth-order valence-corrected chi connectivity index (χ4v) is 2.06. The van der Waals surface area contributed by atoms with Gasteiger partial charge in [0.25, 0.3) is 5.91 Å². The third-order valence-corrected chi connectivity index (χ3v) is 3.17. The van der Waals surface area contributed by atoms with Crippen LogP contribution in [0.1, 0.15) is 42.6 Å². The lowest BCUT2D eigenvalue weighted by Gasteiger charge is -2.26. The second-order valence-electron chi connectivity index (χ2n) is 4.93. The number of hydrogen-bond donors (Lipinski definition) is 2. The minimum absolute atomic E-state index is 0.307. The molecule has 0 aliphatic rings. The normalized spacial score (nSPS) is 13.6. The van der Waals surface area contributed by atoms with E-state index < -0.39 is 17.4 Å². The standard InChI is InChI=1S/C15H21NO4/c1-4-9-15(2,14(18)19)16-13(17)12-8-6-5-7-11(12)10-20-3/h5-8H,4,9-10H2,1-3H3,(H,16,17)(H,18,19). The highest BCUT2D eigenvalue weighted by molar-refractivity contribution is 5.98. The summed E-state index contributed by atoms with van der Waals surface area (Å²) in [5, 5.41) is 11.9. The smallest absolute Gasteiger partial charge is 0.329 e. The second kappa shape index (κ2) is 7.05. The van der Waals surface area contributed by atoms with Gasteiger partial charge in [-0.1, -0.05) is 31.5 Å². The predicted molar refractivity (Wildman–Crippen MR) is 75.6 cm³/mol. The summed E-state index contributed by atoms with van der Waals surface area (Å²) < 4.78 is 5.05. The maximum Gasteiger partial charge on any atom is 0.329 e. The highest BCUT2D eigenvalue weighted by Crippen LogP contribution is 2.16. The van der Waals surface area contributed by atoms with Crippen LogP contribution in [0.15, 0.2) is 24.3 Å². The number of carboxylic acid groups (broad SMARTS) is 1. The summed E-state index contributed by atoms with van der Waals surface area (Å²) in [4.78, 5) is 23.7. The number of hydrogen-bond acceptors (Lipinski definition) is 3. The number of methoxy groups -OCH3 is 1. The van der Waals surface area contributed by atoms with Gasteiger partial charge in [0.2, 0.25) is 0 Å². The molecule has 0 heterocycles. The van der Waals surface area contributed by atoms with Gasteiger partial charge in [-0.25, -0.2) is 4.79 Å². The Morgan fingerprint density at radius 1 is 1.35 bits per heavy atom. The summed E-state index contributed by atoms with van der Waals surface area (Å²) in [6.45, 7) is 3.71. The van der Waals surface area contributed by atoms with E-state index in [0.29, 0.717) is 25.0 Å². The largest absolute Gasteiger partial charge is 0.480 e. The molecule has 0 aliphatic carbocycles. The van der Waals surface area contributed by atoms with E-state index in [1.807, 2.05) is 13.0 Å². The van der Waals surface area contributed by atoms with Gasteiger partial charge in [-0.05, 0) is 25.0 Å². The average molecular weight is 279 g/mol. The monoisotopic (exact) mass is 279 g/mol. The maximum absolute atomic E-state index is 12.3. The summed E-state index contributed by atoms with van der Waals surface area (Å²) in [7, 11) is 1.55. The first-order valence-corrected chi connectivity index (χ1v) is 6.57. The molecular formula is C15H21NO4. The number of carbonyl (C=O) groups excluding carboxylic acids is 1. The van der Waals surface area contributed by atoms with Crippen LogP contribution < -0.4 is 5.32 Å². The van der Waals surface area contributed by atoms with Crippen LogP contribution in [0.3, 0.4) is 0 Å². The molecule has 0 aromatic heterocycles. The van der Waals surface area contributed by atoms with Gasteiger partial charge in [0.05, 0.1) is 6.61 Å². The lowest BCUT2D eigenvalue weighted by atomic mass is 9.95. The van der Waals surface area contributed by atoms with Crippen LogP contribution in [0.2, 0.25) is 0 Å². The molecule has 1 atom stereocenters. The van der Waals surface area contributed by atoms with E-state index in [1.165, 1.54) is 6.92 Å². The molecule has 20 heavy (non-hydrogen) atoms. The molecule has 5 heteroatoms. The van der Waals surface area contributed by atoms with Crippen molar-refractivity contribution < 1.29 is 19.4 Å². The number of aliphatic carboxylic acids is 1.